The molecule has 6 heteroatoms. The van der Waals surface area contributed by atoms with E-state index in [2.05, 4.69) is 36.6 Å². The van der Waals surface area contributed by atoms with Crippen LogP contribution in [0.5, 0.6) is 5.75 Å². The molecule has 1 aliphatic heterocycles. The fourth-order valence-electron chi connectivity index (χ4n) is 4.63. The first kappa shape index (κ1) is 22.1. The predicted octanol–water partition coefficient (Wildman–Crippen LogP) is 5.78. The molecule has 1 unspecified atom stereocenters. The smallest absolute Gasteiger partial charge is 0.227 e. The maximum absolute atomic E-state index is 13.7. The van der Waals surface area contributed by atoms with Crippen LogP contribution in [0.2, 0.25) is 0 Å². The summed E-state index contributed by atoms with van der Waals surface area (Å²) in [6.07, 6.45) is 1.17. The number of fused-ring (bicyclic) bond motifs is 1. The van der Waals surface area contributed by atoms with Gasteiger partial charge in [0.05, 0.1) is 17.6 Å². The Balaban J connectivity index is 1.34. The number of rotatable bonds is 7. The predicted molar refractivity (Wildman–Crippen MR) is 132 cm³/mol. The number of benzene rings is 3. The largest absolute Gasteiger partial charge is 0.494 e. The van der Waals surface area contributed by atoms with Crippen molar-refractivity contribution in [3.05, 3.63) is 89.5 Å². The molecule has 5 rings (SSSR count). The number of nitrogens with zero attached hydrogens (tertiary/aromatic N) is 3. The lowest BCUT2D eigenvalue weighted by Gasteiger charge is -2.17. The molecule has 174 valence electrons. The lowest BCUT2D eigenvalue weighted by Crippen LogP contribution is -2.24. The summed E-state index contributed by atoms with van der Waals surface area (Å²) >= 11 is 0. The van der Waals surface area contributed by atoms with Gasteiger partial charge in [0, 0.05) is 31.1 Å². The van der Waals surface area contributed by atoms with Crippen LogP contribution >= 0.6 is 0 Å². The van der Waals surface area contributed by atoms with E-state index in [1.807, 2.05) is 24.3 Å². The molecule has 0 bridgehead atoms. The molecule has 0 saturated carbocycles. The van der Waals surface area contributed by atoms with Gasteiger partial charge >= 0.3 is 0 Å². The third-order valence-electron chi connectivity index (χ3n) is 6.57. The Morgan fingerprint density at radius 1 is 1.03 bits per heavy atom. The second-order valence-electron chi connectivity index (χ2n) is 8.94. The van der Waals surface area contributed by atoms with Crippen molar-refractivity contribution in [2.24, 2.45) is 0 Å². The molecule has 1 atom stereocenters. The van der Waals surface area contributed by atoms with Gasteiger partial charge in [0.25, 0.3) is 0 Å². The molecule has 3 aromatic carbocycles. The Kier molecular flexibility index (Phi) is 6.05. The molecule has 2 heterocycles. The van der Waals surface area contributed by atoms with Gasteiger partial charge in [-0.15, -0.1) is 0 Å². The summed E-state index contributed by atoms with van der Waals surface area (Å²) in [6, 6.07) is 20.4. The van der Waals surface area contributed by atoms with Gasteiger partial charge in [-0.3, -0.25) is 4.79 Å². The van der Waals surface area contributed by atoms with Crippen LogP contribution in [0.3, 0.4) is 0 Å². The van der Waals surface area contributed by atoms with Gasteiger partial charge in [0.1, 0.15) is 17.4 Å². The van der Waals surface area contributed by atoms with Crippen LogP contribution < -0.4 is 9.64 Å². The molecule has 0 aliphatic carbocycles. The van der Waals surface area contributed by atoms with Gasteiger partial charge in [0.2, 0.25) is 5.91 Å². The van der Waals surface area contributed by atoms with E-state index < -0.39 is 0 Å². The van der Waals surface area contributed by atoms with Crippen molar-refractivity contribution >= 4 is 22.6 Å². The number of anilines is 1. The van der Waals surface area contributed by atoms with Crippen molar-refractivity contribution in [1.82, 2.24) is 9.55 Å². The second-order valence-corrected chi connectivity index (χ2v) is 8.94. The summed E-state index contributed by atoms with van der Waals surface area (Å²) in [5.74, 6) is 1.38. The number of aromatic nitrogens is 2. The number of amides is 1. The van der Waals surface area contributed by atoms with Crippen LogP contribution in [0.25, 0.3) is 11.0 Å². The van der Waals surface area contributed by atoms with Crippen molar-refractivity contribution in [2.75, 3.05) is 18.1 Å². The number of imidazole rings is 1. The third-order valence-corrected chi connectivity index (χ3v) is 6.57. The van der Waals surface area contributed by atoms with Gasteiger partial charge in [-0.1, -0.05) is 24.3 Å². The van der Waals surface area contributed by atoms with Crippen LogP contribution in [-0.4, -0.2) is 28.6 Å². The van der Waals surface area contributed by atoms with Gasteiger partial charge in [-0.2, -0.15) is 0 Å². The number of carbonyl (C=O) groups excluding carboxylic acids is 1. The van der Waals surface area contributed by atoms with Gasteiger partial charge in [0.15, 0.2) is 0 Å². The van der Waals surface area contributed by atoms with Crippen LogP contribution in [-0.2, 0) is 11.3 Å². The van der Waals surface area contributed by atoms with Crippen molar-refractivity contribution < 1.29 is 13.9 Å². The highest BCUT2D eigenvalue weighted by Gasteiger charge is 2.34. The summed E-state index contributed by atoms with van der Waals surface area (Å²) in [4.78, 5) is 19.4. The molecule has 34 heavy (non-hydrogen) atoms. The Morgan fingerprint density at radius 2 is 1.88 bits per heavy atom. The Bertz CT molecular complexity index is 1350. The van der Waals surface area contributed by atoms with E-state index in [1.165, 1.54) is 23.3 Å². The zero-order valence-corrected chi connectivity index (χ0v) is 19.5. The average Bonchev–Trinajstić information content (AvgIpc) is 3.39. The van der Waals surface area contributed by atoms with E-state index in [4.69, 9.17) is 9.72 Å². The number of ether oxygens (including phenoxy) is 1. The molecular weight excluding hydrogens is 429 g/mol. The monoisotopic (exact) mass is 457 g/mol. The lowest BCUT2D eigenvalue weighted by molar-refractivity contribution is -0.117. The standard InChI is InChI=1S/C28H28FN3O2/c1-19-11-12-24(15-20(19)2)34-14-6-13-31-26-10-4-3-9-25(26)30-28(31)21-16-27(33)32(18-21)23-8-5-7-22(29)17-23/h3-5,7-12,15,17,21H,6,13-14,16,18H2,1-2H3. The normalized spacial score (nSPS) is 15.9. The van der Waals surface area contributed by atoms with Crippen LogP contribution in [0.15, 0.2) is 66.7 Å². The third kappa shape index (κ3) is 4.40. The average molecular weight is 458 g/mol. The molecule has 1 amide bonds. The van der Waals surface area contributed by atoms with Crippen LogP contribution in [0, 0.1) is 19.7 Å². The molecule has 0 spiro atoms. The first-order valence-electron chi connectivity index (χ1n) is 11.7. The number of halogens is 1. The van der Waals surface area contributed by atoms with Gasteiger partial charge < -0.3 is 14.2 Å². The Labute approximate surface area is 198 Å². The Hall–Kier alpha value is -3.67. The quantitative estimate of drug-likeness (QED) is 0.331. The summed E-state index contributed by atoms with van der Waals surface area (Å²) in [5.41, 5.74) is 5.04. The summed E-state index contributed by atoms with van der Waals surface area (Å²) in [6.45, 7) is 6.00. The maximum Gasteiger partial charge on any atom is 0.227 e. The SMILES string of the molecule is Cc1ccc(OCCCn2c(C3CC(=O)N(c4cccc(F)c4)C3)nc3ccccc32)cc1C. The molecular formula is C28H28FN3O2. The molecule has 0 radical (unpaired) electrons. The van der Waals surface area contributed by atoms with Gasteiger partial charge in [-0.05, 0) is 73.9 Å². The van der Waals surface area contributed by atoms with E-state index in [-0.39, 0.29) is 17.6 Å². The molecule has 1 saturated heterocycles. The van der Waals surface area contributed by atoms with E-state index >= 15 is 0 Å². The first-order valence-corrected chi connectivity index (χ1v) is 11.7. The van der Waals surface area contributed by atoms with Crippen molar-refractivity contribution in [2.45, 2.75) is 39.2 Å². The van der Waals surface area contributed by atoms with Crippen LogP contribution in [0.4, 0.5) is 10.1 Å². The number of para-hydroxylation sites is 2. The van der Waals surface area contributed by atoms with E-state index in [0.29, 0.717) is 25.3 Å². The topological polar surface area (TPSA) is 47.4 Å². The lowest BCUT2D eigenvalue weighted by atomic mass is 10.1. The Morgan fingerprint density at radius 3 is 2.71 bits per heavy atom. The number of carbonyl (C=O) groups is 1. The highest BCUT2D eigenvalue weighted by molar-refractivity contribution is 5.96. The summed E-state index contributed by atoms with van der Waals surface area (Å²) in [5, 5.41) is 0. The minimum atomic E-state index is -0.343. The van der Waals surface area contributed by atoms with E-state index in [0.717, 1.165) is 35.6 Å². The summed E-state index contributed by atoms with van der Waals surface area (Å²) < 4.78 is 21.9. The molecule has 0 N–H and O–H groups in total. The van der Waals surface area contributed by atoms with Crippen molar-refractivity contribution in [3.63, 3.8) is 0 Å². The number of aryl methyl sites for hydroxylation is 3. The van der Waals surface area contributed by atoms with E-state index in [9.17, 15) is 9.18 Å². The maximum atomic E-state index is 13.7. The van der Waals surface area contributed by atoms with Crippen molar-refractivity contribution in [3.8, 4) is 5.75 Å². The molecule has 1 aliphatic rings. The van der Waals surface area contributed by atoms with Crippen molar-refractivity contribution in [1.29, 1.82) is 0 Å². The zero-order chi connectivity index (χ0) is 23.7. The zero-order valence-electron chi connectivity index (χ0n) is 19.5. The highest BCUT2D eigenvalue weighted by Crippen LogP contribution is 2.33. The second kappa shape index (κ2) is 9.29. The fourth-order valence-corrected chi connectivity index (χ4v) is 4.63. The highest BCUT2D eigenvalue weighted by atomic mass is 19.1. The van der Waals surface area contributed by atoms with Gasteiger partial charge in [-0.25, -0.2) is 9.37 Å². The molecule has 4 aromatic rings. The molecule has 1 aromatic heterocycles. The van der Waals surface area contributed by atoms with E-state index in [1.54, 1.807) is 17.0 Å². The van der Waals surface area contributed by atoms with Crippen LogP contribution in [0.1, 0.15) is 35.7 Å². The first-order chi connectivity index (χ1) is 16.5. The molecule has 5 nitrogen and oxygen atoms in total. The minimum absolute atomic E-state index is 0.00715. The summed E-state index contributed by atoms with van der Waals surface area (Å²) in [7, 11) is 0. The minimum Gasteiger partial charge on any atom is -0.494 e. The number of hydrogen-bond donors (Lipinski definition) is 0. The fraction of sp³-hybridized carbons (Fsp3) is 0.286. The number of hydrogen-bond acceptors (Lipinski definition) is 3. The molecule has 1 fully saturated rings.